The lowest BCUT2D eigenvalue weighted by Crippen LogP contribution is -2.25. The molecule has 2 N–H and O–H groups in total. The molecule has 0 spiro atoms. The third kappa shape index (κ3) is 1.89. The van der Waals surface area contributed by atoms with Crippen molar-refractivity contribution in [2.45, 2.75) is 0 Å². The Hall–Kier alpha value is -0.390. The first-order valence-corrected chi connectivity index (χ1v) is 1.52. The lowest BCUT2D eigenvalue weighted by atomic mass is 11.2. The van der Waals surface area contributed by atoms with Crippen LogP contribution in [0.4, 0.5) is 0 Å². The second-order valence-electron chi connectivity index (χ2n) is 0.533. The highest BCUT2D eigenvalue weighted by Gasteiger charge is 1.64. The average Bonchev–Trinajstić information content (AvgIpc) is 1.65. The van der Waals surface area contributed by atoms with Crippen LogP contribution in [-0.2, 0) is 0 Å². The number of hydrogen-bond acceptors (Lipinski definition) is 3. The van der Waals surface area contributed by atoms with Crippen molar-refractivity contribution in [3.63, 3.8) is 0 Å². The van der Waals surface area contributed by atoms with Gasteiger partial charge in [-0.15, -0.1) is 0 Å². The van der Waals surface area contributed by atoms with E-state index in [1.807, 2.05) is 0 Å². The Bertz CT molecular complexity index is 49.5. The van der Waals surface area contributed by atoms with Gasteiger partial charge in [-0.1, -0.05) is 0 Å². The number of hydrogen-bond donors (Lipinski definition) is 2. The summed E-state index contributed by atoms with van der Waals surface area (Å²) in [6, 6.07) is 0. The molecule has 0 saturated heterocycles. The van der Waals surface area contributed by atoms with Crippen LogP contribution in [0.3, 0.4) is 0 Å². The highest BCUT2D eigenvalue weighted by Crippen LogP contribution is 1.54. The molecular weight excluding hydrogens is 104 g/mol. The lowest BCUT2D eigenvalue weighted by Gasteiger charge is -2.14. The van der Waals surface area contributed by atoms with Crippen LogP contribution in [0.1, 0.15) is 0 Å². The number of thiocarbonyl (C=S) groups is 1. The molecule has 0 rings (SSSR count). The average molecular weight is 106 g/mol. The van der Waals surface area contributed by atoms with E-state index in [2.05, 4.69) is 12.2 Å². The molecule has 0 fully saturated rings. The minimum Gasteiger partial charge on any atom is -0.759 e. The predicted octanol–water partition coefficient (Wildman–Crippen LogP) is -0.554. The Morgan fingerprint density at radius 1 is 1.33 bits per heavy atom. The molecule has 5 heteroatoms. The highest BCUT2D eigenvalue weighted by molar-refractivity contribution is 7.80. The second-order valence-corrected chi connectivity index (χ2v) is 0.941. The highest BCUT2D eigenvalue weighted by atomic mass is 32.1. The Morgan fingerprint density at radius 3 is 1.67 bits per heavy atom. The maximum absolute atomic E-state index is 9.21. The van der Waals surface area contributed by atoms with Crippen LogP contribution in [-0.4, -0.2) is 5.11 Å². The van der Waals surface area contributed by atoms with E-state index in [-0.39, 0.29) is 0 Å². The summed E-state index contributed by atoms with van der Waals surface area (Å²) in [7, 11) is 0. The molecule has 0 radical (unpaired) electrons. The van der Waals surface area contributed by atoms with Gasteiger partial charge in [-0.05, 0) is 12.2 Å². The summed E-state index contributed by atoms with van der Waals surface area (Å²) >= 11 is 4.01. The van der Waals surface area contributed by atoms with Crippen molar-refractivity contribution in [3.8, 4) is 0 Å². The Balaban J connectivity index is 2.99. The van der Waals surface area contributed by atoms with Crippen molar-refractivity contribution in [1.29, 1.82) is 0 Å². The third-order valence-corrected chi connectivity index (χ3v) is 0.352. The van der Waals surface area contributed by atoms with E-state index in [0.29, 0.717) is 0 Å². The molecule has 0 bridgehead atoms. The van der Waals surface area contributed by atoms with Crippen molar-refractivity contribution in [2.24, 2.45) is 0 Å². The summed E-state index contributed by atoms with van der Waals surface area (Å²) in [6.45, 7) is 0. The second kappa shape index (κ2) is 2.83. The first-order chi connectivity index (χ1) is 2.81. The molecule has 0 saturated carbocycles. The van der Waals surface area contributed by atoms with Gasteiger partial charge in [-0.2, -0.15) is 0 Å². The monoisotopic (exact) mass is 106 g/mol. The fourth-order valence-corrected chi connectivity index (χ4v) is 0.0208. The van der Waals surface area contributed by atoms with Gasteiger partial charge in [0.15, 0.2) is 0 Å². The molecule has 0 aliphatic carbocycles. The van der Waals surface area contributed by atoms with E-state index in [9.17, 15) is 10.4 Å². The molecule has 0 aliphatic heterocycles. The van der Waals surface area contributed by atoms with E-state index in [1.165, 1.54) is 11.0 Å². The maximum atomic E-state index is 9.21. The Morgan fingerprint density at radius 2 is 1.67 bits per heavy atom. The van der Waals surface area contributed by atoms with Crippen molar-refractivity contribution >= 4 is 17.3 Å². The van der Waals surface area contributed by atoms with Gasteiger partial charge in [0.2, 0.25) is 0 Å². The Kier molecular flexibility index (Phi) is 2.64. The SMILES string of the molecule is [O-]NC(=S)N[O-]. The number of rotatable bonds is 0. The smallest absolute Gasteiger partial charge is 0.144 e. The van der Waals surface area contributed by atoms with Crippen LogP contribution < -0.4 is 11.0 Å². The van der Waals surface area contributed by atoms with Crippen LogP contribution in [0.5, 0.6) is 0 Å². The summed E-state index contributed by atoms with van der Waals surface area (Å²) in [4.78, 5) is 0. The predicted molar refractivity (Wildman–Crippen MR) is 25.6 cm³/mol. The number of nitrogens with one attached hydrogen (secondary N) is 2. The summed E-state index contributed by atoms with van der Waals surface area (Å²) < 4.78 is 0. The fraction of sp³-hybridized carbons (Fsp3) is 0. The van der Waals surface area contributed by atoms with Gasteiger partial charge in [-0.25, -0.2) is 0 Å². The minimum atomic E-state index is -0.435. The van der Waals surface area contributed by atoms with Crippen LogP contribution >= 0.6 is 12.2 Å². The molecule has 0 amide bonds. The van der Waals surface area contributed by atoms with E-state index in [1.54, 1.807) is 0 Å². The topological polar surface area (TPSA) is 70.2 Å². The van der Waals surface area contributed by atoms with E-state index in [0.717, 1.165) is 0 Å². The molecule has 6 heavy (non-hydrogen) atoms. The normalized spacial score (nSPS) is 7.00. The zero-order valence-electron chi connectivity index (χ0n) is 2.72. The van der Waals surface area contributed by atoms with Crippen molar-refractivity contribution < 1.29 is 0 Å². The molecule has 4 nitrogen and oxygen atoms in total. The molecule has 0 unspecified atom stereocenters. The molecular formula is CH2N2O2S-2. The standard InChI is InChI=1S/CH2N2O2S/c4-2-1(6)3-5/h(H2-2,2,3,4,5,6)/q-2. The van der Waals surface area contributed by atoms with Crippen molar-refractivity contribution in [3.05, 3.63) is 10.4 Å². The summed E-state index contributed by atoms with van der Waals surface area (Å²) in [5.74, 6) is 0. The van der Waals surface area contributed by atoms with Crippen molar-refractivity contribution in [1.82, 2.24) is 11.0 Å². The number of hydroxylamine groups is 2. The van der Waals surface area contributed by atoms with Gasteiger partial charge >= 0.3 is 0 Å². The van der Waals surface area contributed by atoms with E-state index in [4.69, 9.17) is 0 Å². The Labute approximate surface area is 39.7 Å². The first kappa shape index (κ1) is 5.61. The fourth-order valence-electron chi connectivity index (χ4n) is 0.0208. The molecule has 0 heterocycles. The van der Waals surface area contributed by atoms with E-state index < -0.39 is 5.11 Å². The maximum Gasteiger partial charge on any atom is 0.144 e. The zero-order valence-corrected chi connectivity index (χ0v) is 3.54. The molecule has 0 aliphatic rings. The van der Waals surface area contributed by atoms with Gasteiger partial charge in [-0.3, -0.25) is 0 Å². The minimum absolute atomic E-state index is 0.435. The third-order valence-electron chi connectivity index (χ3n) is 0.185. The molecule has 0 aromatic rings. The van der Waals surface area contributed by atoms with Gasteiger partial charge in [0.1, 0.15) is 5.11 Å². The van der Waals surface area contributed by atoms with Gasteiger partial charge in [0.25, 0.3) is 0 Å². The van der Waals surface area contributed by atoms with Crippen LogP contribution in [0.2, 0.25) is 0 Å². The molecule has 0 atom stereocenters. The van der Waals surface area contributed by atoms with Crippen LogP contribution in [0.25, 0.3) is 0 Å². The lowest BCUT2D eigenvalue weighted by molar-refractivity contribution is 1.18. The summed E-state index contributed by atoms with van der Waals surface area (Å²) in [5.41, 5.74) is 2.34. The van der Waals surface area contributed by atoms with Gasteiger partial charge < -0.3 is 21.4 Å². The zero-order chi connectivity index (χ0) is 4.99. The molecule has 36 valence electrons. The van der Waals surface area contributed by atoms with E-state index >= 15 is 0 Å². The quantitative estimate of drug-likeness (QED) is 0.320. The van der Waals surface area contributed by atoms with Crippen LogP contribution in [0.15, 0.2) is 0 Å². The summed E-state index contributed by atoms with van der Waals surface area (Å²) in [5, 5.41) is 18.0. The van der Waals surface area contributed by atoms with Crippen molar-refractivity contribution in [2.75, 3.05) is 0 Å². The first-order valence-electron chi connectivity index (χ1n) is 1.11. The van der Waals surface area contributed by atoms with Crippen LogP contribution in [0, 0.1) is 10.4 Å². The van der Waals surface area contributed by atoms with Gasteiger partial charge in [0, 0.05) is 0 Å². The largest absolute Gasteiger partial charge is 0.759 e. The van der Waals surface area contributed by atoms with Gasteiger partial charge in [0.05, 0.1) is 0 Å². The molecule has 0 aromatic carbocycles. The summed E-state index contributed by atoms with van der Waals surface area (Å²) in [6.07, 6.45) is 0. The molecule has 0 aromatic heterocycles.